The van der Waals surface area contributed by atoms with E-state index in [0.717, 1.165) is 24.3 Å². The summed E-state index contributed by atoms with van der Waals surface area (Å²) in [6, 6.07) is 3.44. The van der Waals surface area contributed by atoms with Crippen LogP contribution in [0.2, 0.25) is 0 Å². The number of alkyl halides is 3. The Kier molecular flexibility index (Phi) is 5.56. The van der Waals surface area contributed by atoms with Gasteiger partial charge in [-0.3, -0.25) is 4.79 Å². The van der Waals surface area contributed by atoms with Gasteiger partial charge in [0.05, 0.1) is 24.8 Å². The van der Waals surface area contributed by atoms with E-state index in [1.54, 1.807) is 6.92 Å². The molecule has 2 N–H and O–H groups in total. The lowest BCUT2D eigenvalue weighted by Crippen LogP contribution is -2.44. The SMILES string of the molecule is CCNC(=O)O[C@@H]1CO[C@H]2[C@@H]1OC[C@@H]2NC(=O)c1ccc(C(F)(F)F)cc1. The van der Waals surface area contributed by atoms with Crippen molar-refractivity contribution in [1.29, 1.82) is 0 Å². The van der Waals surface area contributed by atoms with Gasteiger partial charge in [0.1, 0.15) is 12.2 Å². The molecule has 10 heteroatoms. The minimum Gasteiger partial charge on any atom is -0.441 e. The number of ether oxygens (including phenoxy) is 3. The van der Waals surface area contributed by atoms with Crippen molar-refractivity contribution in [1.82, 2.24) is 10.6 Å². The number of carbonyl (C=O) groups is 2. The number of fused-ring (bicyclic) bond motifs is 1. The van der Waals surface area contributed by atoms with Crippen molar-refractivity contribution in [2.75, 3.05) is 19.8 Å². The molecule has 0 aliphatic carbocycles. The molecule has 0 aromatic heterocycles. The fourth-order valence-electron chi connectivity index (χ4n) is 3.07. The Labute approximate surface area is 153 Å². The number of carbonyl (C=O) groups excluding carboxylic acids is 2. The fourth-order valence-corrected chi connectivity index (χ4v) is 3.07. The molecule has 2 fully saturated rings. The minimum atomic E-state index is -4.46. The van der Waals surface area contributed by atoms with Gasteiger partial charge in [0.2, 0.25) is 0 Å². The van der Waals surface area contributed by atoms with Gasteiger partial charge in [-0.25, -0.2) is 4.79 Å². The Morgan fingerprint density at radius 2 is 1.81 bits per heavy atom. The Morgan fingerprint density at radius 1 is 1.15 bits per heavy atom. The zero-order valence-corrected chi connectivity index (χ0v) is 14.4. The predicted molar refractivity (Wildman–Crippen MR) is 86.1 cm³/mol. The van der Waals surface area contributed by atoms with Gasteiger partial charge in [-0.15, -0.1) is 0 Å². The summed E-state index contributed by atoms with van der Waals surface area (Å²) in [4.78, 5) is 23.8. The van der Waals surface area contributed by atoms with Gasteiger partial charge in [-0.1, -0.05) is 0 Å². The maximum absolute atomic E-state index is 12.6. The van der Waals surface area contributed by atoms with E-state index in [0.29, 0.717) is 6.54 Å². The summed E-state index contributed by atoms with van der Waals surface area (Å²) < 4.78 is 54.2. The fraction of sp³-hybridized carbons (Fsp3) is 0.529. The average Bonchev–Trinajstić information content (AvgIpc) is 3.18. The lowest BCUT2D eigenvalue weighted by Gasteiger charge is -2.18. The Bertz CT molecular complexity index is 695. The summed E-state index contributed by atoms with van der Waals surface area (Å²) in [6.07, 6.45) is -6.63. The zero-order chi connectivity index (χ0) is 19.6. The molecule has 0 spiro atoms. The van der Waals surface area contributed by atoms with E-state index in [1.807, 2.05) is 0 Å². The second kappa shape index (κ2) is 7.73. The smallest absolute Gasteiger partial charge is 0.416 e. The molecule has 4 atom stereocenters. The molecule has 2 saturated heterocycles. The highest BCUT2D eigenvalue weighted by Crippen LogP contribution is 2.30. The Balaban J connectivity index is 1.58. The standard InChI is InChI=1S/C17H19F3N2O5/c1-2-21-16(24)27-12-8-26-13-11(7-25-14(12)13)22-15(23)9-3-5-10(6-4-9)17(18,19)20/h3-6,11-14H,2,7-8H2,1H3,(H,21,24)(H,22,23)/t11-,12+,13+,14+/m0/s1. The first-order valence-corrected chi connectivity index (χ1v) is 8.45. The molecule has 0 saturated carbocycles. The van der Waals surface area contributed by atoms with Gasteiger partial charge in [-0.2, -0.15) is 13.2 Å². The molecule has 0 radical (unpaired) electrons. The van der Waals surface area contributed by atoms with Gasteiger partial charge in [0, 0.05) is 12.1 Å². The summed E-state index contributed by atoms with van der Waals surface area (Å²) >= 11 is 0. The Morgan fingerprint density at radius 3 is 2.44 bits per heavy atom. The van der Waals surface area contributed by atoms with Crippen LogP contribution >= 0.6 is 0 Å². The first-order valence-electron chi connectivity index (χ1n) is 8.45. The third kappa shape index (κ3) is 4.33. The van der Waals surface area contributed by atoms with Gasteiger partial charge in [0.15, 0.2) is 6.10 Å². The highest BCUT2D eigenvalue weighted by atomic mass is 19.4. The van der Waals surface area contributed by atoms with Crippen LogP contribution in [0.3, 0.4) is 0 Å². The largest absolute Gasteiger partial charge is 0.441 e. The van der Waals surface area contributed by atoms with E-state index in [9.17, 15) is 22.8 Å². The highest BCUT2D eigenvalue weighted by molar-refractivity contribution is 5.94. The van der Waals surface area contributed by atoms with E-state index in [1.165, 1.54) is 0 Å². The number of benzene rings is 1. The third-order valence-electron chi connectivity index (χ3n) is 4.38. The molecule has 2 heterocycles. The maximum Gasteiger partial charge on any atom is 0.416 e. The van der Waals surface area contributed by atoms with Gasteiger partial charge in [0.25, 0.3) is 5.91 Å². The van der Waals surface area contributed by atoms with Crippen molar-refractivity contribution in [3.8, 4) is 0 Å². The predicted octanol–water partition coefficient (Wildman–Crippen LogP) is 1.72. The van der Waals surface area contributed by atoms with E-state index in [-0.39, 0.29) is 18.8 Å². The maximum atomic E-state index is 12.6. The van der Waals surface area contributed by atoms with Crippen LogP contribution in [0.15, 0.2) is 24.3 Å². The highest BCUT2D eigenvalue weighted by Gasteiger charge is 2.50. The second-order valence-electron chi connectivity index (χ2n) is 6.23. The van der Waals surface area contributed by atoms with Crippen LogP contribution in [-0.4, -0.2) is 56.1 Å². The van der Waals surface area contributed by atoms with Crippen molar-refractivity contribution in [3.63, 3.8) is 0 Å². The molecule has 2 aliphatic rings. The minimum absolute atomic E-state index is 0.0968. The van der Waals surface area contributed by atoms with Crippen LogP contribution in [0.1, 0.15) is 22.8 Å². The van der Waals surface area contributed by atoms with E-state index in [2.05, 4.69) is 10.6 Å². The lowest BCUT2D eigenvalue weighted by atomic mass is 10.1. The molecule has 2 aliphatic heterocycles. The van der Waals surface area contributed by atoms with E-state index >= 15 is 0 Å². The molecule has 148 valence electrons. The van der Waals surface area contributed by atoms with Gasteiger partial charge >= 0.3 is 12.3 Å². The second-order valence-corrected chi connectivity index (χ2v) is 6.23. The number of rotatable bonds is 4. The number of halogens is 3. The summed E-state index contributed by atoms with van der Waals surface area (Å²) in [5, 5.41) is 5.21. The normalized spacial score (nSPS) is 27.1. The van der Waals surface area contributed by atoms with Gasteiger partial charge < -0.3 is 24.8 Å². The van der Waals surface area contributed by atoms with Crippen molar-refractivity contribution in [2.24, 2.45) is 0 Å². The van der Waals surface area contributed by atoms with Crippen LogP contribution in [0.4, 0.5) is 18.0 Å². The molecule has 1 aromatic rings. The van der Waals surface area contributed by atoms with E-state index in [4.69, 9.17) is 14.2 Å². The zero-order valence-electron chi connectivity index (χ0n) is 14.4. The number of hydrogen-bond acceptors (Lipinski definition) is 5. The van der Waals surface area contributed by atoms with E-state index < -0.39 is 48.1 Å². The van der Waals surface area contributed by atoms with Crippen molar-refractivity contribution < 1.29 is 37.0 Å². The number of amides is 2. The van der Waals surface area contributed by atoms with Crippen LogP contribution in [-0.2, 0) is 20.4 Å². The van der Waals surface area contributed by atoms with Crippen LogP contribution < -0.4 is 10.6 Å². The molecule has 3 rings (SSSR count). The number of hydrogen-bond donors (Lipinski definition) is 2. The van der Waals surface area contributed by atoms with Crippen LogP contribution in [0, 0.1) is 0 Å². The van der Waals surface area contributed by atoms with Crippen molar-refractivity contribution >= 4 is 12.0 Å². The monoisotopic (exact) mass is 388 g/mol. The summed E-state index contributed by atoms with van der Waals surface area (Å²) in [5.74, 6) is -0.533. The molecule has 0 bridgehead atoms. The molecule has 2 amide bonds. The van der Waals surface area contributed by atoms with Crippen molar-refractivity contribution in [2.45, 2.75) is 37.5 Å². The third-order valence-corrected chi connectivity index (χ3v) is 4.38. The lowest BCUT2D eigenvalue weighted by molar-refractivity contribution is -0.137. The molecule has 7 nitrogen and oxygen atoms in total. The van der Waals surface area contributed by atoms with Crippen molar-refractivity contribution in [3.05, 3.63) is 35.4 Å². The number of nitrogens with one attached hydrogen (secondary N) is 2. The number of alkyl carbamates (subject to hydrolysis) is 1. The summed E-state index contributed by atoms with van der Waals surface area (Å²) in [5.41, 5.74) is -0.729. The Hall–Kier alpha value is -2.33. The first kappa shape index (κ1) is 19.4. The van der Waals surface area contributed by atoms with Crippen LogP contribution in [0.25, 0.3) is 0 Å². The summed E-state index contributed by atoms with van der Waals surface area (Å²) in [6.45, 7) is 2.47. The molecule has 1 aromatic carbocycles. The van der Waals surface area contributed by atoms with Gasteiger partial charge in [-0.05, 0) is 31.2 Å². The molecular formula is C17H19F3N2O5. The molecular weight excluding hydrogens is 369 g/mol. The quantitative estimate of drug-likeness (QED) is 0.820. The molecule has 0 unspecified atom stereocenters. The first-order chi connectivity index (χ1) is 12.8. The topological polar surface area (TPSA) is 85.9 Å². The molecule has 27 heavy (non-hydrogen) atoms. The van der Waals surface area contributed by atoms with Crippen LogP contribution in [0.5, 0.6) is 0 Å². The summed E-state index contributed by atoms with van der Waals surface area (Å²) in [7, 11) is 0. The average molecular weight is 388 g/mol.